The Bertz CT molecular complexity index is 723. The van der Waals surface area contributed by atoms with Crippen molar-refractivity contribution in [1.29, 1.82) is 0 Å². The molecular formula is C16H14FNO2. The van der Waals surface area contributed by atoms with Gasteiger partial charge in [-0.3, -0.25) is 4.98 Å². The van der Waals surface area contributed by atoms with Crippen LogP contribution in [0.25, 0.3) is 11.3 Å². The van der Waals surface area contributed by atoms with Crippen molar-refractivity contribution >= 4 is 5.97 Å². The molecule has 0 fully saturated rings. The van der Waals surface area contributed by atoms with Gasteiger partial charge < -0.3 is 5.11 Å². The molecule has 4 heteroatoms. The fourth-order valence-corrected chi connectivity index (χ4v) is 2.69. The van der Waals surface area contributed by atoms with Crippen molar-refractivity contribution in [3.63, 3.8) is 0 Å². The standard InChI is InChI=1S/C16H14FNO2/c1-8(2)14-13(16(19)20)7-10-5-9-6-11(17)3-4-12(9)15(10)18-14/h3-4,6-8H,5H2,1-2H3,(H,19,20). The van der Waals surface area contributed by atoms with E-state index in [9.17, 15) is 14.3 Å². The molecule has 0 atom stereocenters. The van der Waals surface area contributed by atoms with Crippen molar-refractivity contribution in [3.8, 4) is 11.3 Å². The van der Waals surface area contributed by atoms with E-state index < -0.39 is 5.97 Å². The van der Waals surface area contributed by atoms with Crippen molar-refractivity contribution in [2.75, 3.05) is 0 Å². The molecule has 0 saturated carbocycles. The lowest BCUT2D eigenvalue weighted by molar-refractivity contribution is 0.0694. The van der Waals surface area contributed by atoms with Gasteiger partial charge in [0.25, 0.3) is 0 Å². The molecule has 0 unspecified atom stereocenters. The molecule has 1 aromatic heterocycles. The fraction of sp³-hybridized carbons (Fsp3) is 0.250. The Morgan fingerprint density at radius 3 is 2.70 bits per heavy atom. The molecule has 3 nitrogen and oxygen atoms in total. The number of hydrogen-bond acceptors (Lipinski definition) is 2. The van der Waals surface area contributed by atoms with Crippen LogP contribution in [0.1, 0.15) is 46.9 Å². The molecule has 1 aliphatic carbocycles. The third-order valence-corrected chi connectivity index (χ3v) is 3.61. The van der Waals surface area contributed by atoms with Crippen molar-refractivity contribution in [2.45, 2.75) is 26.2 Å². The quantitative estimate of drug-likeness (QED) is 0.774. The van der Waals surface area contributed by atoms with Crippen molar-refractivity contribution in [1.82, 2.24) is 4.98 Å². The minimum atomic E-state index is -0.967. The van der Waals surface area contributed by atoms with Crippen LogP contribution in [0.4, 0.5) is 4.39 Å². The third kappa shape index (κ3) is 1.88. The molecule has 0 spiro atoms. The molecule has 0 radical (unpaired) electrons. The van der Waals surface area contributed by atoms with Crippen molar-refractivity contribution < 1.29 is 14.3 Å². The summed E-state index contributed by atoms with van der Waals surface area (Å²) < 4.78 is 13.3. The summed E-state index contributed by atoms with van der Waals surface area (Å²) in [5.41, 5.74) is 4.23. The Morgan fingerprint density at radius 2 is 2.05 bits per heavy atom. The number of aromatic carboxylic acids is 1. The number of aromatic nitrogens is 1. The van der Waals surface area contributed by atoms with E-state index in [4.69, 9.17) is 0 Å². The summed E-state index contributed by atoms with van der Waals surface area (Å²) in [7, 11) is 0. The molecule has 3 rings (SSSR count). The van der Waals surface area contributed by atoms with Gasteiger partial charge in [-0.2, -0.15) is 0 Å². The highest BCUT2D eigenvalue weighted by atomic mass is 19.1. The summed E-state index contributed by atoms with van der Waals surface area (Å²) in [5, 5.41) is 9.31. The zero-order chi connectivity index (χ0) is 14.4. The summed E-state index contributed by atoms with van der Waals surface area (Å²) >= 11 is 0. The number of benzene rings is 1. The monoisotopic (exact) mass is 271 g/mol. The van der Waals surface area contributed by atoms with Crippen LogP contribution in [0.15, 0.2) is 24.3 Å². The molecule has 0 amide bonds. The lowest BCUT2D eigenvalue weighted by Crippen LogP contribution is -2.08. The third-order valence-electron chi connectivity index (χ3n) is 3.61. The summed E-state index contributed by atoms with van der Waals surface area (Å²) in [6.45, 7) is 3.84. The van der Waals surface area contributed by atoms with Gasteiger partial charge in [0, 0.05) is 12.0 Å². The number of halogens is 1. The van der Waals surface area contributed by atoms with Gasteiger partial charge >= 0.3 is 5.97 Å². The number of hydrogen-bond donors (Lipinski definition) is 1. The molecule has 1 aromatic carbocycles. The molecular weight excluding hydrogens is 257 g/mol. The predicted octanol–water partition coefficient (Wildman–Crippen LogP) is 3.61. The van der Waals surface area contributed by atoms with Crippen molar-refractivity contribution in [3.05, 3.63) is 52.5 Å². The van der Waals surface area contributed by atoms with E-state index in [2.05, 4.69) is 4.98 Å². The molecule has 1 heterocycles. The second-order valence-electron chi connectivity index (χ2n) is 5.37. The van der Waals surface area contributed by atoms with Gasteiger partial charge in [-0.25, -0.2) is 9.18 Å². The van der Waals surface area contributed by atoms with Gasteiger partial charge in [0.15, 0.2) is 0 Å². The fourth-order valence-electron chi connectivity index (χ4n) is 2.69. The Hall–Kier alpha value is -2.23. The first-order valence-corrected chi connectivity index (χ1v) is 6.53. The normalized spacial score (nSPS) is 12.4. The minimum absolute atomic E-state index is 0.0240. The minimum Gasteiger partial charge on any atom is -0.478 e. The average Bonchev–Trinajstić information content (AvgIpc) is 2.73. The van der Waals surface area contributed by atoms with Crippen LogP contribution in [0.5, 0.6) is 0 Å². The Balaban J connectivity index is 2.23. The van der Waals surface area contributed by atoms with E-state index in [1.54, 1.807) is 12.1 Å². The van der Waals surface area contributed by atoms with Crippen LogP contribution in [-0.2, 0) is 6.42 Å². The number of carboxylic acid groups (broad SMARTS) is 1. The summed E-state index contributed by atoms with van der Waals surface area (Å²) in [5.74, 6) is -1.22. The number of carboxylic acids is 1. The van der Waals surface area contributed by atoms with Crippen LogP contribution in [0.2, 0.25) is 0 Å². The molecule has 0 saturated heterocycles. The van der Waals surface area contributed by atoms with E-state index in [0.717, 1.165) is 22.4 Å². The molecule has 20 heavy (non-hydrogen) atoms. The van der Waals surface area contributed by atoms with E-state index in [1.807, 2.05) is 13.8 Å². The van der Waals surface area contributed by atoms with Gasteiger partial charge in [-0.1, -0.05) is 13.8 Å². The first kappa shape index (κ1) is 12.8. The number of pyridine rings is 1. The summed E-state index contributed by atoms with van der Waals surface area (Å²) in [4.78, 5) is 15.9. The highest BCUT2D eigenvalue weighted by Crippen LogP contribution is 2.37. The SMILES string of the molecule is CC(C)c1nc2c(cc1C(=O)O)Cc1cc(F)ccc1-2. The second kappa shape index (κ2) is 4.40. The van der Waals surface area contributed by atoms with E-state index in [1.165, 1.54) is 12.1 Å². The molecule has 1 N–H and O–H groups in total. The molecule has 102 valence electrons. The number of carbonyl (C=O) groups is 1. The van der Waals surface area contributed by atoms with Crippen LogP contribution in [0, 0.1) is 5.82 Å². The molecule has 1 aliphatic rings. The highest BCUT2D eigenvalue weighted by molar-refractivity contribution is 5.91. The van der Waals surface area contributed by atoms with Crippen LogP contribution in [-0.4, -0.2) is 16.1 Å². The van der Waals surface area contributed by atoms with Gasteiger partial charge in [-0.05, 0) is 41.3 Å². The second-order valence-corrected chi connectivity index (χ2v) is 5.37. The maximum atomic E-state index is 13.3. The lowest BCUT2D eigenvalue weighted by Gasteiger charge is -2.11. The van der Waals surface area contributed by atoms with Gasteiger partial charge in [0.2, 0.25) is 0 Å². The highest BCUT2D eigenvalue weighted by Gasteiger charge is 2.25. The van der Waals surface area contributed by atoms with Gasteiger partial charge in [0.05, 0.1) is 17.0 Å². The Kier molecular flexibility index (Phi) is 2.82. The number of fused-ring (bicyclic) bond motifs is 3. The molecule has 0 aliphatic heterocycles. The van der Waals surface area contributed by atoms with Crippen LogP contribution >= 0.6 is 0 Å². The number of nitrogens with zero attached hydrogens (tertiary/aromatic N) is 1. The maximum Gasteiger partial charge on any atom is 0.337 e. The Labute approximate surface area is 116 Å². The van der Waals surface area contributed by atoms with E-state index in [0.29, 0.717) is 12.1 Å². The van der Waals surface area contributed by atoms with Crippen LogP contribution in [0.3, 0.4) is 0 Å². The zero-order valence-electron chi connectivity index (χ0n) is 11.3. The van der Waals surface area contributed by atoms with Crippen molar-refractivity contribution in [2.24, 2.45) is 0 Å². The van der Waals surface area contributed by atoms with Gasteiger partial charge in [0.1, 0.15) is 5.82 Å². The zero-order valence-corrected chi connectivity index (χ0v) is 11.3. The topological polar surface area (TPSA) is 50.2 Å². The van der Waals surface area contributed by atoms with Crippen LogP contribution < -0.4 is 0 Å². The Morgan fingerprint density at radius 1 is 1.30 bits per heavy atom. The summed E-state index contributed by atoms with van der Waals surface area (Å²) in [6.07, 6.45) is 0.536. The smallest absolute Gasteiger partial charge is 0.337 e. The largest absolute Gasteiger partial charge is 0.478 e. The van der Waals surface area contributed by atoms with E-state index in [-0.39, 0.29) is 17.3 Å². The lowest BCUT2D eigenvalue weighted by atomic mass is 10.0. The first-order valence-electron chi connectivity index (χ1n) is 6.53. The maximum absolute atomic E-state index is 13.3. The summed E-state index contributed by atoms with van der Waals surface area (Å²) in [6, 6.07) is 6.30. The first-order chi connectivity index (χ1) is 9.47. The van der Waals surface area contributed by atoms with E-state index >= 15 is 0 Å². The molecule has 0 bridgehead atoms. The predicted molar refractivity (Wildman–Crippen MR) is 73.5 cm³/mol. The number of rotatable bonds is 2. The van der Waals surface area contributed by atoms with Gasteiger partial charge in [-0.15, -0.1) is 0 Å². The molecule has 2 aromatic rings. The average molecular weight is 271 g/mol.